The van der Waals surface area contributed by atoms with Gasteiger partial charge in [0, 0.05) is 36.6 Å². The molecule has 0 unspecified atom stereocenters. The summed E-state index contributed by atoms with van der Waals surface area (Å²) in [6.45, 7) is 2.01. The summed E-state index contributed by atoms with van der Waals surface area (Å²) in [5, 5.41) is 6.14. The fraction of sp³-hybridized carbons (Fsp3) is 0.393. The summed E-state index contributed by atoms with van der Waals surface area (Å²) in [6.07, 6.45) is 5.86. The van der Waals surface area contributed by atoms with E-state index in [0.717, 1.165) is 44.7 Å². The maximum atomic E-state index is 14.7. The molecule has 1 aromatic heterocycles. The highest BCUT2D eigenvalue weighted by atomic mass is 19.1. The fourth-order valence-corrected chi connectivity index (χ4v) is 4.45. The minimum absolute atomic E-state index is 0.0115. The summed E-state index contributed by atoms with van der Waals surface area (Å²) < 4.78 is 46.0. The van der Waals surface area contributed by atoms with Gasteiger partial charge < -0.3 is 24.8 Å². The van der Waals surface area contributed by atoms with Crippen molar-refractivity contribution in [2.45, 2.75) is 44.6 Å². The standard InChI is InChI=1S/C28H30F2N4O4/c29-22-8-5-18-15-25(22)38-12-4-2-1-3-11-37-24-16-20(33-28-31-17-23(30)26(18)34-28)6-7-21(24)27(35)32-19-9-13-36-14-10-19/h5-8,15-17,19H,1-4,9-14H2,(H,32,35)(H,31,33,34). The number of hydrogen-bond donors (Lipinski definition) is 2. The van der Waals surface area contributed by atoms with E-state index in [-0.39, 0.29) is 29.3 Å². The Hall–Kier alpha value is -3.79. The normalized spacial score (nSPS) is 16.7. The molecule has 0 radical (unpaired) electrons. The maximum Gasteiger partial charge on any atom is 0.255 e. The Labute approximate surface area is 219 Å². The Morgan fingerprint density at radius 3 is 2.45 bits per heavy atom. The highest BCUT2D eigenvalue weighted by molar-refractivity contribution is 5.97. The molecule has 3 aromatic rings. The number of hydrogen-bond acceptors (Lipinski definition) is 7. The third-order valence-electron chi connectivity index (χ3n) is 6.54. The Kier molecular flexibility index (Phi) is 8.28. The lowest BCUT2D eigenvalue weighted by molar-refractivity contribution is 0.0695. The van der Waals surface area contributed by atoms with E-state index in [2.05, 4.69) is 20.6 Å². The van der Waals surface area contributed by atoms with Gasteiger partial charge in [0.15, 0.2) is 17.4 Å². The molecule has 0 atom stereocenters. The molecule has 1 saturated heterocycles. The first kappa shape index (κ1) is 25.8. The SMILES string of the molecule is O=C(NC1CCOCC1)c1ccc2cc1OCCCCCCOc1cc(ccc1F)-c1nc(ncc1F)N2. The molecule has 1 amide bonds. The molecule has 8 nitrogen and oxygen atoms in total. The first-order valence-electron chi connectivity index (χ1n) is 12.9. The van der Waals surface area contributed by atoms with E-state index in [0.29, 0.717) is 49.0 Å². The van der Waals surface area contributed by atoms with E-state index in [4.69, 9.17) is 14.2 Å². The summed E-state index contributed by atoms with van der Waals surface area (Å²) in [5.74, 6) is -0.734. The molecule has 38 heavy (non-hydrogen) atoms. The van der Waals surface area contributed by atoms with Crippen LogP contribution in [-0.4, -0.2) is 48.3 Å². The molecular weight excluding hydrogens is 494 g/mol. The minimum Gasteiger partial charge on any atom is -0.493 e. The van der Waals surface area contributed by atoms with E-state index in [1.807, 2.05) is 0 Å². The third-order valence-corrected chi connectivity index (χ3v) is 6.54. The molecule has 2 aliphatic rings. The van der Waals surface area contributed by atoms with Crippen molar-refractivity contribution in [3.8, 4) is 22.8 Å². The molecule has 0 spiro atoms. The van der Waals surface area contributed by atoms with E-state index in [1.54, 1.807) is 18.2 Å². The summed E-state index contributed by atoms with van der Waals surface area (Å²) in [5.41, 5.74) is 1.39. The highest BCUT2D eigenvalue weighted by Crippen LogP contribution is 2.30. The predicted molar refractivity (Wildman–Crippen MR) is 138 cm³/mol. The predicted octanol–water partition coefficient (Wildman–Crippen LogP) is 5.41. The number of nitrogens with zero attached hydrogens (tertiary/aromatic N) is 2. The third kappa shape index (κ3) is 6.36. The van der Waals surface area contributed by atoms with Gasteiger partial charge in [0.05, 0.1) is 25.0 Å². The topological polar surface area (TPSA) is 94.6 Å². The van der Waals surface area contributed by atoms with Crippen LogP contribution in [0.25, 0.3) is 11.3 Å². The van der Waals surface area contributed by atoms with Gasteiger partial charge in [-0.25, -0.2) is 18.7 Å². The van der Waals surface area contributed by atoms with Crippen molar-refractivity contribution in [3.05, 3.63) is 59.8 Å². The number of carbonyl (C=O) groups excluding carboxylic acids is 1. The second kappa shape index (κ2) is 12.2. The van der Waals surface area contributed by atoms with E-state index in [1.165, 1.54) is 18.2 Å². The van der Waals surface area contributed by atoms with Crippen molar-refractivity contribution >= 4 is 17.5 Å². The molecule has 1 fully saturated rings. The van der Waals surface area contributed by atoms with Gasteiger partial charge in [-0.05, 0) is 68.9 Å². The van der Waals surface area contributed by atoms with Crippen molar-refractivity contribution in [2.24, 2.45) is 0 Å². The van der Waals surface area contributed by atoms with Crippen LogP contribution in [0.4, 0.5) is 20.4 Å². The summed E-state index contributed by atoms with van der Waals surface area (Å²) >= 11 is 0. The van der Waals surface area contributed by atoms with Crippen LogP contribution in [0, 0.1) is 11.6 Å². The molecule has 2 N–H and O–H groups in total. The van der Waals surface area contributed by atoms with Gasteiger partial charge in [0.1, 0.15) is 11.4 Å². The smallest absolute Gasteiger partial charge is 0.255 e. The average Bonchev–Trinajstić information content (AvgIpc) is 2.92. The number of halogens is 2. The van der Waals surface area contributed by atoms with Gasteiger partial charge in [-0.3, -0.25) is 4.79 Å². The number of carbonyl (C=O) groups is 1. The molecule has 5 rings (SSSR count). The number of benzene rings is 2. The van der Waals surface area contributed by atoms with Gasteiger partial charge in [-0.1, -0.05) is 0 Å². The van der Waals surface area contributed by atoms with Crippen LogP contribution in [0.3, 0.4) is 0 Å². The van der Waals surface area contributed by atoms with E-state index >= 15 is 0 Å². The largest absolute Gasteiger partial charge is 0.493 e. The Balaban J connectivity index is 1.44. The van der Waals surface area contributed by atoms with Gasteiger partial charge in [-0.2, -0.15) is 0 Å². The number of ether oxygens (including phenoxy) is 3. The van der Waals surface area contributed by atoms with Crippen molar-refractivity contribution < 1.29 is 27.8 Å². The van der Waals surface area contributed by atoms with Crippen molar-refractivity contribution in [2.75, 3.05) is 31.7 Å². The zero-order valence-electron chi connectivity index (χ0n) is 21.0. The van der Waals surface area contributed by atoms with Crippen molar-refractivity contribution in [3.63, 3.8) is 0 Å². The fourth-order valence-electron chi connectivity index (χ4n) is 4.45. The maximum absolute atomic E-state index is 14.7. The molecular formula is C28H30F2N4O4. The van der Waals surface area contributed by atoms with Crippen LogP contribution in [0.2, 0.25) is 0 Å². The quantitative estimate of drug-likeness (QED) is 0.463. The summed E-state index contributed by atoms with van der Waals surface area (Å²) in [7, 11) is 0. The molecule has 6 bridgehead atoms. The molecule has 2 aliphatic heterocycles. The van der Waals surface area contributed by atoms with Gasteiger partial charge >= 0.3 is 0 Å². The molecule has 2 aromatic carbocycles. The monoisotopic (exact) mass is 524 g/mol. The number of anilines is 2. The lowest BCUT2D eigenvalue weighted by atomic mass is 10.1. The first-order chi connectivity index (χ1) is 18.6. The van der Waals surface area contributed by atoms with E-state index < -0.39 is 11.6 Å². The Morgan fingerprint density at radius 1 is 0.895 bits per heavy atom. The van der Waals surface area contributed by atoms with Gasteiger partial charge in [-0.15, -0.1) is 0 Å². The summed E-state index contributed by atoms with van der Waals surface area (Å²) in [4.78, 5) is 21.5. The number of aromatic nitrogens is 2. The Bertz CT molecular complexity index is 1280. The number of rotatable bonds is 2. The summed E-state index contributed by atoms with van der Waals surface area (Å²) in [6, 6.07) is 9.34. The zero-order valence-corrected chi connectivity index (χ0v) is 21.0. The second-order valence-corrected chi connectivity index (χ2v) is 9.34. The Morgan fingerprint density at radius 2 is 1.66 bits per heavy atom. The van der Waals surface area contributed by atoms with Gasteiger partial charge in [0.2, 0.25) is 5.95 Å². The molecule has 10 heteroatoms. The van der Waals surface area contributed by atoms with E-state index in [9.17, 15) is 13.6 Å². The molecule has 0 saturated carbocycles. The molecule has 0 aliphatic carbocycles. The minimum atomic E-state index is -0.647. The van der Waals surface area contributed by atoms with Gasteiger partial charge in [0.25, 0.3) is 5.91 Å². The van der Waals surface area contributed by atoms with Crippen LogP contribution in [0.15, 0.2) is 42.6 Å². The number of nitrogens with one attached hydrogen (secondary N) is 2. The molecule has 200 valence electrons. The van der Waals surface area contributed by atoms with Crippen molar-refractivity contribution in [1.29, 1.82) is 0 Å². The van der Waals surface area contributed by atoms with Crippen molar-refractivity contribution in [1.82, 2.24) is 15.3 Å². The second-order valence-electron chi connectivity index (χ2n) is 9.34. The zero-order chi connectivity index (χ0) is 26.3. The number of amides is 1. The lowest BCUT2D eigenvalue weighted by Crippen LogP contribution is -2.39. The van der Waals surface area contributed by atoms with Crippen LogP contribution >= 0.6 is 0 Å². The highest BCUT2D eigenvalue weighted by Gasteiger charge is 2.21. The van der Waals surface area contributed by atoms with Crippen LogP contribution < -0.4 is 20.1 Å². The average molecular weight is 525 g/mol. The lowest BCUT2D eigenvalue weighted by Gasteiger charge is -2.23. The first-order valence-corrected chi connectivity index (χ1v) is 12.9. The molecule has 3 heterocycles. The van der Waals surface area contributed by atoms with Crippen LogP contribution in [0.5, 0.6) is 11.5 Å². The number of fused-ring (bicyclic) bond motifs is 7. The van der Waals surface area contributed by atoms with Crippen LogP contribution in [0.1, 0.15) is 48.9 Å². The van der Waals surface area contributed by atoms with Crippen LogP contribution in [-0.2, 0) is 4.74 Å².